The van der Waals surface area contributed by atoms with E-state index < -0.39 is 6.67 Å². The van der Waals surface area contributed by atoms with Gasteiger partial charge in [0.05, 0.1) is 4.70 Å². The lowest BCUT2D eigenvalue weighted by molar-refractivity contribution is 0.485. The van der Waals surface area contributed by atoms with Crippen LogP contribution in [-0.2, 0) is 6.67 Å². The van der Waals surface area contributed by atoms with Crippen molar-refractivity contribution in [2.75, 3.05) is 5.73 Å². The molecule has 0 saturated carbocycles. The lowest BCUT2D eigenvalue weighted by Crippen LogP contribution is -1.84. The van der Waals surface area contributed by atoms with E-state index in [0.29, 0.717) is 11.4 Å². The van der Waals surface area contributed by atoms with Crippen LogP contribution in [0.15, 0.2) is 18.2 Å². The Bertz CT molecular complexity index is 410. The van der Waals surface area contributed by atoms with Gasteiger partial charge in [0, 0.05) is 5.39 Å². The fourth-order valence-electron chi connectivity index (χ4n) is 1.09. The molecule has 2 rings (SSSR count). The van der Waals surface area contributed by atoms with Crippen LogP contribution in [0.4, 0.5) is 10.2 Å². The van der Waals surface area contributed by atoms with Crippen LogP contribution >= 0.6 is 11.5 Å². The Morgan fingerprint density at radius 3 is 3.08 bits per heavy atom. The molecule has 0 aliphatic rings. The Kier molecular flexibility index (Phi) is 1.69. The maximum atomic E-state index is 12.2. The molecular formula is C8H7FN2S. The summed E-state index contributed by atoms with van der Waals surface area (Å²) in [4.78, 5) is 0. The van der Waals surface area contributed by atoms with Gasteiger partial charge < -0.3 is 5.73 Å². The smallest absolute Gasteiger partial charge is 0.144 e. The molecule has 0 aliphatic carbocycles. The average molecular weight is 182 g/mol. The second kappa shape index (κ2) is 2.71. The van der Waals surface area contributed by atoms with Crippen molar-refractivity contribution in [1.82, 2.24) is 4.37 Å². The molecular weight excluding hydrogens is 175 g/mol. The summed E-state index contributed by atoms with van der Waals surface area (Å²) in [6, 6.07) is 5.34. The summed E-state index contributed by atoms with van der Waals surface area (Å²) in [6.45, 7) is -0.453. The van der Waals surface area contributed by atoms with Gasteiger partial charge in [-0.05, 0) is 29.2 Å². The number of anilines is 1. The van der Waals surface area contributed by atoms with Crippen molar-refractivity contribution < 1.29 is 4.39 Å². The molecule has 0 unspecified atom stereocenters. The minimum absolute atomic E-state index is 0.453. The number of hydrogen-bond donors (Lipinski definition) is 1. The van der Waals surface area contributed by atoms with Gasteiger partial charge in [-0.15, -0.1) is 0 Å². The van der Waals surface area contributed by atoms with E-state index in [1.807, 2.05) is 6.07 Å². The molecule has 0 radical (unpaired) electrons. The Balaban J connectivity index is 2.71. The Hall–Kier alpha value is -1.16. The van der Waals surface area contributed by atoms with Crippen LogP contribution in [0.2, 0.25) is 0 Å². The SMILES string of the molecule is Nc1nsc2ccc(CF)cc12. The van der Waals surface area contributed by atoms with Gasteiger partial charge in [-0.25, -0.2) is 4.39 Å². The fraction of sp³-hybridized carbons (Fsp3) is 0.125. The van der Waals surface area contributed by atoms with E-state index >= 15 is 0 Å². The van der Waals surface area contributed by atoms with Crippen molar-refractivity contribution in [3.05, 3.63) is 23.8 Å². The van der Waals surface area contributed by atoms with E-state index in [1.54, 1.807) is 12.1 Å². The lowest BCUT2D eigenvalue weighted by atomic mass is 10.2. The molecule has 1 aromatic heterocycles. The number of nitrogens with two attached hydrogens (primary N) is 1. The third kappa shape index (κ3) is 1.04. The predicted octanol–water partition coefficient (Wildman–Crippen LogP) is 2.35. The number of nitrogen functional groups attached to an aromatic ring is 1. The maximum Gasteiger partial charge on any atom is 0.144 e. The summed E-state index contributed by atoms with van der Waals surface area (Å²) in [5, 5.41) is 0.857. The molecule has 62 valence electrons. The minimum Gasteiger partial charge on any atom is -0.382 e. The topological polar surface area (TPSA) is 38.9 Å². The maximum absolute atomic E-state index is 12.2. The summed E-state index contributed by atoms with van der Waals surface area (Å²) >= 11 is 1.34. The molecule has 2 aromatic rings. The molecule has 2 nitrogen and oxygen atoms in total. The molecule has 2 N–H and O–H groups in total. The lowest BCUT2D eigenvalue weighted by Gasteiger charge is -1.93. The van der Waals surface area contributed by atoms with Gasteiger partial charge in [0.15, 0.2) is 0 Å². The van der Waals surface area contributed by atoms with Gasteiger partial charge in [-0.1, -0.05) is 6.07 Å². The second-order valence-electron chi connectivity index (χ2n) is 2.53. The number of hydrogen-bond acceptors (Lipinski definition) is 3. The third-order valence-electron chi connectivity index (χ3n) is 1.72. The van der Waals surface area contributed by atoms with Crippen LogP contribution in [-0.4, -0.2) is 4.37 Å². The van der Waals surface area contributed by atoms with E-state index in [1.165, 1.54) is 11.5 Å². The Labute approximate surface area is 73.0 Å². The molecule has 12 heavy (non-hydrogen) atoms. The second-order valence-corrected chi connectivity index (χ2v) is 3.34. The number of aromatic nitrogens is 1. The molecule has 1 heterocycles. The zero-order chi connectivity index (χ0) is 8.55. The monoisotopic (exact) mass is 182 g/mol. The Morgan fingerprint density at radius 2 is 2.33 bits per heavy atom. The van der Waals surface area contributed by atoms with E-state index in [-0.39, 0.29) is 0 Å². The van der Waals surface area contributed by atoms with Gasteiger partial charge in [0.25, 0.3) is 0 Å². The highest BCUT2D eigenvalue weighted by Crippen LogP contribution is 2.25. The number of nitrogens with zero attached hydrogens (tertiary/aromatic N) is 1. The highest BCUT2D eigenvalue weighted by Gasteiger charge is 2.02. The van der Waals surface area contributed by atoms with Crippen LogP contribution in [0, 0.1) is 0 Å². The zero-order valence-corrected chi connectivity index (χ0v) is 7.07. The molecule has 0 aliphatic heterocycles. The largest absolute Gasteiger partial charge is 0.382 e. The van der Waals surface area contributed by atoms with Crippen molar-refractivity contribution >= 4 is 27.4 Å². The van der Waals surface area contributed by atoms with Crippen LogP contribution in [0.3, 0.4) is 0 Å². The van der Waals surface area contributed by atoms with Crippen LogP contribution < -0.4 is 5.73 Å². The van der Waals surface area contributed by atoms with E-state index in [9.17, 15) is 4.39 Å². The molecule has 0 amide bonds. The quantitative estimate of drug-likeness (QED) is 0.735. The molecule has 0 saturated heterocycles. The molecule has 0 spiro atoms. The first-order valence-corrected chi connectivity index (χ1v) is 4.28. The third-order valence-corrected chi connectivity index (χ3v) is 2.56. The molecule has 0 fully saturated rings. The van der Waals surface area contributed by atoms with Gasteiger partial charge in [-0.2, -0.15) is 4.37 Å². The van der Waals surface area contributed by atoms with Crippen LogP contribution in [0.5, 0.6) is 0 Å². The standard InChI is InChI=1S/C8H7FN2S/c9-4-5-1-2-7-6(3-5)8(10)11-12-7/h1-3H,4H2,(H2,10,11). The van der Waals surface area contributed by atoms with Crippen molar-refractivity contribution in [2.45, 2.75) is 6.67 Å². The summed E-state index contributed by atoms with van der Waals surface area (Å²) in [5.41, 5.74) is 6.22. The molecule has 4 heteroatoms. The number of rotatable bonds is 1. The molecule has 1 aromatic carbocycles. The number of halogens is 1. The van der Waals surface area contributed by atoms with Gasteiger partial charge >= 0.3 is 0 Å². The fourth-order valence-corrected chi connectivity index (χ4v) is 1.77. The summed E-state index contributed by atoms with van der Waals surface area (Å²) < 4.78 is 17.2. The van der Waals surface area contributed by atoms with Crippen molar-refractivity contribution in [2.24, 2.45) is 0 Å². The first-order chi connectivity index (χ1) is 5.81. The highest BCUT2D eigenvalue weighted by atomic mass is 32.1. The molecule has 0 atom stereocenters. The highest BCUT2D eigenvalue weighted by molar-refractivity contribution is 7.13. The number of benzene rings is 1. The van der Waals surface area contributed by atoms with Crippen LogP contribution in [0.25, 0.3) is 10.1 Å². The van der Waals surface area contributed by atoms with E-state index in [0.717, 1.165) is 10.1 Å². The van der Waals surface area contributed by atoms with Gasteiger partial charge in [0.1, 0.15) is 12.5 Å². The van der Waals surface area contributed by atoms with E-state index in [2.05, 4.69) is 4.37 Å². The van der Waals surface area contributed by atoms with Crippen molar-refractivity contribution in [3.8, 4) is 0 Å². The summed E-state index contributed by atoms with van der Waals surface area (Å²) in [6.07, 6.45) is 0. The summed E-state index contributed by atoms with van der Waals surface area (Å²) in [7, 11) is 0. The number of fused-ring (bicyclic) bond motifs is 1. The van der Waals surface area contributed by atoms with Gasteiger partial charge in [-0.3, -0.25) is 0 Å². The minimum atomic E-state index is -0.453. The zero-order valence-electron chi connectivity index (χ0n) is 6.25. The van der Waals surface area contributed by atoms with Crippen molar-refractivity contribution in [3.63, 3.8) is 0 Å². The number of alkyl halides is 1. The van der Waals surface area contributed by atoms with E-state index in [4.69, 9.17) is 5.73 Å². The predicted molar refractivity (Wildman–Crippen MR) is 48.8 cm³/mol. The van der Waals surface area contributed by atoms with Crippen molar-refractivity contribution in [1.29, 1.82) is 0 Å². The summed E-state index contributed by atoms with van der Waals surface area (Å²) in [5.74, 6) is 0.491. The normalized spacial score (nSPS) is 10.8. The van der Waals surface area contributed by atoms with Gasteiger partial charge in [0.2, 0.25) is 0 Å². The first-order valence-electron chi connectivity index (χ1n) is 3.51. The average Bonchev–Trinajstić information content (AvgIpc) is 2.47. The molecule has 0 bridgehead atoms. The first kappa shape index (κ1) is 7.49. The Morgan fingerprint density at radius 1 is 1.50 bits per heavy atom. The van der Waals surface area contributed by atoms with Crippen LogP contribution in [0.1, 0.15) is 5.56 Å².